The third-order valence-corrected chi connectivity index (χ3v) is 3.38. The van der Waals surface area contributed by atoms with Crippen molar-refractivity contribution in [3.63, 3.8) is 0 Å². The molecule has 2 N–H and O–H groups in total. The SMILES string of the molecule is OCCOCCNC1CCOc2ccc(Br)cc21. The van der Waals surface area contributed by atoms with Crippen LogP contribution >= 0.6 is 15.9 Å². The molecule has 1 aliphatic heterocycles. The van der Waals surface area contributed by atoms with Crippen molar-refractivity contribution < 1.29 is 14.6 Å². The predicted octanol–water partition coefficient (Wildman–Crippen LogP) is 1.87. The Balaban J connectivity index is 1.89. The van der Waals surface area contributed by atoms with Gasteiger partial charge in [-0.3, -0.25) is 0 Å². The van der Waals surface area contributed by atoms with Gasteiger partial charge in [-0.05, 0) is 18.2 Å². The Morgan fingerprint density at radius 1 is 1.44 bits per heavy atom. The summed E-state index contributed by atoms with van der Waals surface area (Å²) in [5.74, 6) is 0.957. The van der Waals surface area contributed by atoms with E-state index in [0.29, 0.717) is 19.3 Å². The summed E-state index contributed by atoms with van der Waals surface area (Å²) in [4.78, 5) is 0. The first-order valence-electron chi connectivity index (χ1n) is 6.15. The van der Waals surface area contributed by atoms with Crippen LogP contribution in [0.2, 0.25) is 0 Å². The van der Waals surface area contributed by atoms with Crippen molar-refractivity contribution in [3.8, 4) is 5.75 Å². The number of aliphatic hydroxyl groups excluding tert-OH is 1. The summed E-state index contributed by atoms with van der Waals surface area (Å²) in [6.07, 6.45) is 0.962. The quantitative estimate of drug-likeness (QED) is 0.787. The lowest BCUT2D eigenvalue weighted by molar-refractivity contribution is 0.0915. The van der Waals surface area contributed by atoms with Crippen molar-refractivity contribution in [1.82, 2.24) is 5.32 Å². The zero-order valence-electron chi connectivity index (χ0n) is 10.2. The number of fused-ring (bicyclic) bond motifs is 1. The molecule has 1 aliphatic rings. The third kappa shape index (κ3) is 3.68. The second-order valence-corrected chi connectivity index (χ2v) is 5.08. The van der Waals surface area contributed by atoms with Crippen LogP contribution in [0.1, 0.15) is 18.0 Å². The highest BCUT2D eigenvalue weighted by molar-refractivity contribution is 9.10. The molecule has 1 aromatic carbocycles. The van der Waals surface area contributed by atoms with Gasteiger partial charge in [-0.15, -0.1) is 0 Å². The highest BCUT2D eigenvalue weighted by atomic mass is 79.9. The smallest absolute Gasteiger partial charge is 0.124 e. The minimum Gasteiger partial charge on any atom is -0.493 e. The number of halogens is 1. The molecule has 100 valence electrons. The zero-order chi connectivity index (χ0) is 12.8. The molecule has 5 heteroatoms. The summed E-state index contributed by atoms with van der Waals surface area (Å²) < 4.78 is 11.9. The fraction of sp³-hybridized carbons (Fsp3) is 0.538. The summed E-state index contributed by atoms with van der Waals surface area (Å²) >= 11 is 3.48. The van der Waals surface area contributed by atoms with Crippen molar-refractivity contribution >= 4 is 15.9 Å². The van der Waals surface area contributed by atoms with Crippen LogP contribution in [0.3, 0.4) is 0 Å². The lowest BCUT2D eigenvalue weighted by Crippen LogP contribution is -2.29. The maximum absolute atomic E-state index is 8.61. The minimum atomic E-state index is 0.0764. The Morgan fingerprint density at radius 3 is 3.17 bits per heavy atom. The van der Waals surface area contributed by atoms with Crippen LogP contribution in [0.4, 0.5) is 0 Å². The summed E-state index contributed by atoms with van der Waals surface area (Å²) in [6, 6.07) is 6.39. The molecule has 0 fully saturated rings. The molecule has 1 heterocycles. The second kappa shape index (κ2) is 7.09. The van der Waals surface area contributed by atoms with Crippen LogP contribution < -0.4 is 10.1 Å². The van der Waals surface area contributed by atoms with Gasteiger partial charge in [0.15, 0.2) is 0 Å². The summed E-state index contributed by atoms with van der Waals surface area (Å²) in [7, 11) is 0. The minimum absolute atomic E-state index is 0.0764. The third-order valence-electron chi connectivity index (χ3n) is 2.88. The Bertz CT molecular complexity index is 386. The van der Waals surface area contributed by atoms with Crippen LogP contribution in [0, 0.1) is 0 Å². The number of benzene rings is 1. The predicted molar refractivity (Wildman–Crippen MR) is 72.9 cm³/mol. The van der Waals surface area contributed by atoms with Crippen molar-refractivity contribution in [3.05, 3.63) is 28.2 Å². The van der Waals surface area contributed by atoms with E-state index in [0.717, 1.165) is 29.8 Å². The Hall–Kier alpha value is -0.620. The standard InChI is InChI=1S/C13H18BrNO3/c14-10-1-2-13-11(9-10)12(3-6-18-13)15-4-7-17-8-5-16/h1-2,9,12,15-16H,3-8H2. The highest BCUT2D eigenvalue weighted by Gasteiger charge is 2.20. The molecule has 1 aromatic rings. The molecule has 0 spiro atoms. The van der Waals surface area contributed by atoms with E-state index < -0.39 is 0 Å². The maximum Gasteiger partial charge on any atom is 0.124 e. The molecule has 0 aromatic heterocycles. The average Bonchev–Trinajstić information content (AvgIpc) is 2.39. The van der Waals surface area contributed by atoms with Crippen molar-refractivity contribution in [1.29, 1.82) is 0 Å². The van der Waals surface area contributed by atoms with E-state index in [-0.39, 0.29) is 6.61 Å². The van der Waals surface area contributed by atoms with Gasteiger partial charge < -0.3 is 19.9 Å². The van der Waals surface area contributed by atoms with Crippen molar-refractivity contribution in [2.24, 2.45) is 0 Å². The molecule has 0 bridgehead atoms. The molecule has 18 heavy (non-hydrogen) atoms. The lowest BCUT2D eigenvalue weighted by Gasteiger charge is -2.27. The normalized spacial score (nSPS) is 18.2. The first kappa shape index (κ1) is 13.8. The molecular weight excluding hydrogens is 298 g/mol. The molecule has 4 nitrogen and oxygen atoms in total. The Morgan fingerprint density at radius 2 is 2.33 bits per heavy atom. The van der Waals surface area contributed by atoms with Gasteiger partial charge >= 0.3 is 0 Å². The molecule has 1 atom stereocenters. The van der Waals surface area contributed by atoms with E-state index in [1.165, 1.54) is 5.56 Å². The lowest BCUT2D eigenvalue weighted by atomic mass is 10.0. The van der Waals surface area contributed by atoms with Gasteiger partial charge in [0, 0.05) is 29.0 Å². The molecule has 0 saturated heterocycles. The van der Waals surface area contributed by atoms with E-state index in [9.17, 15) is 0 Å². The number of hydrogen-bond donors (Lipinski definition) is 2. The zero-order valence-corrected chi connectivity index (χ0v) is 11.8. The van der Waals surface area contributed by atoms with Crippen LogP contribution in [0.15, 0.2) is 22.7 Å². The fourth-order valence-electron chi connectivity index (χ4n) is 2.05. The Labute approximate surface area is 115 Å². The van der Waals surface area contributed by atoms with E-state index >= 15 is 0 Å². The van der Waals surface area contributed by atoms with Gasteiger partial charge in [0.2, 0.25) is 0 Å². The van der Waals surface area contributed by atoms with Crippen molar-refractivity contribution in [2.75, 3.05) is 33.0 Å². The monoisotopic (exact) mass is 315 g/mol. The van der Waals surface area contributed by atoms with E-state index in [4.69, 9.17) is 14.6 Å². The summed E-state index contributed by atoms with van der Waals surface area (Å²) in [5, 5.41) is 12.1. The molecule has 0 radical (unpaired) electrons. The summed E-state index contributed by atoms with van der Waals surface area (Å²) in [6.45, 7) is 2.60. The van der Waals surface area contributed by atoms with Gasteiger partial charge in [0.05, 0.1) is 26.4 Å². The number of hydrogen-bond acceptors (Lipinski definition) is 4. The number of nitrogens with one attached hydrogen (secondary N) is 1. The van der Waals surface area contributed by atoms with Gasteiger partial charge in [-0.1, -0.05) is 15.9 Å². The number of aliphatic hydroxyl groups is 1. The Kier molecular flexibility index (Phi) is 5.44. The topological polar surface area (TPSA) is 50.7 Å². The van der Waals surface area contributed by atoms with E-state index in [1.807, 2.05) is 12.1 Å². The van der Waals surface area contributed by atoms with Crippen LogP contribution in [0.5, 0.6) is 5.75 Å². The second-order valence-electron chi connectivity index (χ2n) is 4.16. The molecular formula is C13H18BrNO3. The van der Waals surface area contributed by atoms with Gasteiger partial charge in [0.25, 0.3) is 0 Å². The van der Waals surface area contributed by atoms with Gasteiger partial charge in [-0.25, -0.2) is 0 Å². The van der Waals surface area contributed by atoms with Crippen LogP contribution in [-0.4, -0.2) is 38.1 Å². The molecule has 2 rings (SSSR count). The molecule has 0 saturated carbocycles. The van der Waals surface area contributed by atoms with Gasteiger partial charge in [-0.2, -0.15) is 0 Å². The highest BCUT2D eigenvalue weighted by Crippen LogP contribution is 2.33. The first-order chi connectivity index (χ1) is 8.81. The first-order valence-corrected chi connectivity index (χ1v) is 6.95. The van der Waals surface area contributed by atoms with Crippen LogP contribution in [-0.2, 0) is 4.74 Å². The molecule has 0 amide bonds. The largest absolute Gasteiger partial charge is 0.493 e. The van der Waals surface area contributed by atoms with Crippen molar-refractivity contribution in [2.45, 2.75) is 12.5 Å². The summed E-state index contributed by atoms with van der Waals surface area (Å²) in [5.41, 5.74) is 1.19. The van der Waals surface area contributed by atoms with E-state index in [1.54, 1.807) is 0 Å². The number of ether oxygens (including phenoxy) is 2. The van der Waals surface area contributed by atoms with Crippen LogP contribution in [0.25, 0.3) is 0 Å². The van der Waals surface area contributed by atoms with E-state index in [2.05, 4.69) is 27.3 Å². The maximum atomic E-state index is 8.61. The fourth-order valence-corrected chi connectivity index (χ4v) is 2.43. The van der Waals surface area contributed by atoms with Gasteiger partial charge in [0.1, 0.15) is 5.75 Å². The number of rotatable bonds is 6. The molecule has 1 unspecified atom stereocenters. The average molecular weight is 316 g/mol. The molecule has 0 aliphatic carbocycles.